The number of para-hydroxylation sites is 1. The maximum absolute atomic E-state index is 6.49. The van der Waals surface area contributed by atoms with Gasteiger partial charge in [0.2, 0.25) is 0 Å². The maximum atomic E-state index is 6.49. The highest BCUT2D eigenvalue weighted by molar-refractivity contribution is 6.62. The van der Waals surface area contributed by atoms with Gasteiger partial charge in [0.1, 0.15) is 11.2 Å². The van der Waals surface area contributed by atoms with Crippen LogP contribution in [0.5, 0.6) is 0 Å². The minimum absolute atomic E-state index is 0.186. The maximum Gasteiger partial charge on any atom is 0.494 e. The lowest BCUT2D eigenvalue weighted by molar-refractivity contribution is 0.00578. The fraction of sp³-hybridized carbons (Fsp3) is 0.235. The minimum Gasteiger partial charge on any atom is -0.456 e. The van der Waals surface area contributed by atoms with Crippen molar-refractivity contribution in [2.24, 2.45) is 0 Å². The Hall–Kier alpha value is -3.80. The smallest absolute Gasteiger partial charge is 0.456 e. The zero-order valence-electron chi connectivity index (χ0n) is 22.8. The van der Waals surface area contributed by atoms with Gasteiger partial charge in [0, 0.05) is 28.2 Å². The van der Waals surface area contributed by atoms with E-state index in [1.54, 1.807) is 0 Å². The lowest BCUT2D eigenvalue weighted by atomic mass is 9.79. The van der Waals surface area contributed by atoms with Crippen molar-refractivity contribution in [1.29, 1.82) is 0 Å². The fourth-order valence-corrected chi connectivity index (χ4v) is 5.82. The Morgan fingerprint density at radius 1 is 0.718 bits per heavy atom. The Morgan fingerprint density at radius 2 is 1.38 bits per heavy atom. The van der Waals surface area contributed by atoms with Gasteiger partial charge in [-0.15, -0.1) is 0 Å². The molecular formula is C34H32BNO3. The van der Waals surface area contributed by atoms with Crippen LogP contribution in [0.15, 0.2) is 101 Å². The molecule has 39 heavy (non-hydrogen) atoms. The summed E-state index contributed by atoms with van der Waals surface area (Å²) in [6, 6.07) is 32.4. The van der Waals surface area contributed by atoms with Gasteiger partial charge in [-0.2, -0.15) is 0 Å². The summed E-state index contributed by atoms with van der Waals surface area (Å²) >= 11 is 0. The molecule has 1 fully saturated rings. The molecule has 1 atom stereocenters. The van der Waals surface area contributed by atoms with Crippen LogP contribution >= 0.6 is 0 Å². The summed E-state index contributed by atoms with van der Waals surface area (Å²) in [6.45, 7) is 8.31. The van der Waals surface area contributed by atoms with E-state index in [1.807, 2.05) is 0 Å². The standard InChI is InChI=1S/C34H32BNO3/c1-33(2)34(3,4)39-35(38-33)24-17-19-28-29-20-18-26(22-32(29)37-31(28)21-24)36(25-13-6-5-7-14-25)30-16-10-12-23-11-8-9-15-27(23)30/h5-15,17-22,30H,16H2,1-4H3. The van der Waals surface area contributed by atoms with Crippen LogP contribution in [0.3, 0.4) is 0 Å². The molecule has 5 aromatic rings. The Morgan fingerprint density at radius 3 is 2.15 bits per heavy atom. The molecule has 194 valence electrons. The number of benzene rings is 4. The van der Waals surface area contributed by atoms with Crippen LogP contribution in [-0.4, -0.2) is 18.3 Å². The van der Waals surface area contributed by atoms with Crippen molar-refractivity contribution in [2.75, 3.05) is 4.90 Å². The summed E-state index contributed by atoms with van der Waals surface area (Å²) in [4.78, 5) is 2.44. The van der Waals surface area contributed by atoms with Gasteiger partial charge in [0.25, 0.3) is 0 Å². The third kappa shape index (κ3) is 4.00. The van der Waals surface area contributed by atoms with Gasteiger partial charge in [-0.05, 0) is 81.0 Å². The molecule has 4 aromatic carbocycles. The van der Waals surface area contributed by atoms with E-state index in [9.17, 15) is 0 Å². The monoisotopic (exact) mass is 513 g/mol. The molecule has 1 saturated heterocycles. The molecule has 0 spiro atoms. The molecular weight excluding hydrogens is 481 g/mol. The minimum atomic E-state index is -0.420. The summed E-state index contributed by atoms with van der Waals surface area (Å²) in [5, 5.41) is 2.19. The highest BCUT2D eigenvalue weighted by atomic mass is 16.7. The Kier molecular flexibility index (Phi) is 5.52. The molecule has 2 aliphatic rings. The number of nitrogens with zero attached hydrogens (tertiary/aromatic N) is 1. The van der Waals surface area contributed by atoms with E-state index in [0.29, 0.717) is 0 Å². The molecule has 0 saturated carbocycles. The summed E-state index contributed by atoms with van der Waals surface area (Å²) in [7, 11) is -0.420. The summed E-state index contributed by atoms with van der Waals surface area (Å²) in [5.74, 6) is 0. The van der Waals surface area contributed by atoms with E-state index < -0.39 is 7.12 Å². The SMILES string of the molecule is CC1(C)OB(c2ccc3c(c2)oc2cc(N(c4ccccc4)C4CC=Cc5ccccc54)ccc23)OC1(C)C. The van der Waals surface area contributed by atoms with Gasteiger partial charge >= 0.3 is 7.12 Å². The molecule has 0 N–H and O–H groups in total. The van der Waals surface area contributed by atoms with Crippen LogP contribution in [0.4, 0.5) is 11.4 Å². The molecule has 7 rings (SSSR count). The van der Waals surface area contributed by atoms with E-state index >= 15 is 0 Å². The average molecular weight is 513 g/mol. The number of anilines is 2. The molecule has 1 aliphatic heterocycles. The fourth-order valence-electron chi connectivity index (χ4n) is 5.82. The first-order valence-corrected chi connectivity index (χ1v) is 13.7. The highest BCUT2D eigenvalue weighted by Gasteiger charge is 2.51. The largest absolute Gasteiger partial charge is 0.494 e. The van der Waals surface area contributed by atoms with E-state index in [1.165, 1.54) is 11.1 Å². The van der Waals surface area contributed by atoms with Gasteiger partial charge in [-0.25, -0.2) is 0 Å². The van der Waals surface area contributed by atoms with Crippen LogP contribution < -0.4 is 10.4 Å². The second kappa shape index (κ2) is 8.87. The van der Waals surface area contributed by atoms with Gasteiger partial charge in [-0.1, -0.05) is 66.7 Å². The number of furan rings is 1. The molecule has 1 aliphatic carbocycles. The second-order valence-electron chi connectivity index (χ2n) is 11.6. The molecule has 2 heterocycles. The average Bonchev–Trinajstić information content (AvgIpc) is 3.41. The zero-order valence-corrected chi connectivity index (χ0v) is 22.8. The van der Waals surface area contributed by atoms with Crippen molar-refractivity contribution < 1.29 is 13.7 Å². The number of hydrogen-bond acceptors (Lipinski definition) is 4. The van der Waals surface area contributed by atoms with Crippen LogP contribution in [0.2, 0.25) is 0 Å². The van der Waals surface area contributed by atoms with Crippen molar-refractivity contribution in [3.05, 3.63) is 108 Å². The van der Waals surface area contributed by atoms with Crippen LogP contribution in [0.1, 0.15) is 51.3 Å². The van der Waals surface area contributed by atoms with Crippen molar-refractivity contribution in [1.82, 2.24) is 0 Å². The molecule has 5 heteroatoms. The van der Waals surface area contributed by atoms with Crippen LogP contribution in [0, 0.1) is 0 Å². The first-order chi connectivity index (χ1) is 18.8. The molecule has 4 nitrogen and oxygen atoms in total. The first-order valence-electron chi connectivity index (χ1n) is 13.7. The lowest BCUT2D eigenvalue weighted by Crippen LogP contribution is -2.41. The van der Waals surface area contributed by atoms with Gasteiger partial charge in [-0.3, -0.25) is 0 Å². The Bertz CT molecular complexity index is 1700. The molecule has 1 unspecified atom stereocenters. The van der Waals surface area contributed by atoms with Crippen LogP contribution in [-0.2, 0) is 9.31 Å². The normalized spacial score (nSPS) is 19.5. The van der Waals surface area contributed by atoms with Gasteiger partial charge in [0.15, 0.2) is 0 Å². The van der Waals surface area contributed by atoms with Crippen molar-refractivity contribution in [2.45, 2.75) is 51.4 Å². The van der Waals surface area contributed by atoms with Crippen molar-refractivity contribution in [3.63, 3.8) is 0 Å². The lowest BCUT2D eigenvalue weighted by Gasteiger charge is -2.36. The third-order valence-electron chi connectivity index (χ3n) is 8.64. The van der Waals surface area contributed by atoms with Crippen molar-refractivity contribution >= 4 is 52.0 Å². The first kappa shape index (κ1) is 24.3. The van der Waals surface area contributed by atoms with Crippen molar-refractivity contribution in [3.8, 4) is 0 Å². The predicted octanol–water partition coefficient (Wildman–Crippen LogP) is 8.18. The molecule has 0 radical (unpaired) electrons. The predicted molar refractivity (Wildman–Crippen MR) is 161 cm³/mol. The number of hydrogen-bond donors (Lipinski definition) is 0. The van der Waals surface area contributed by atoms with E-state index in [2.05, 4.69) is 136 Å². The zero-order chi connectivity index (χ0) is 26.8. The Balaban J connectivity index is 1.31. The van der Waals surface area contributed by atoms with E-state index in [4.69, 9.17) is 13.7 Å². The summed E-state index contributed by atoms with van der Waals surface area (Å²) < 4.78 is 19.1. The van der Waals surface area contributed by atoms with E-state index in [-0.39, 0.29) is 17.2 Å². The Labute approximate surface area is 230 Å². The summed E-state index contributed by atoms with van der Waals surface area (Å²) in [6.07, 6.45) is 5.44. The van der Waals surface area contributed by atoms with Gasteiger partial charge in [0.05, 0.1) is 17.2 Å². The van der Waals surface area contributed by atoms with E-state index in [0.717, 1.165) is 45.2 Å². The third-order valence-corrected chi connectivity index (χ3v) is 8.64. The topological polar surface area (TPSA) is 34.8 Å². The molecule has 0 amide bonds. The highest BCUT2D eigenvalue weighted by Crippen LogP contribution is 2.43. The number of fused-ring (bicyclic) bond motifs is 4. The molecule has 0 bridgehead atoms. The second-order valence-corrected chi connectivity index (χ2v) is 11.6. The quantitative estimate of drug-likeness (QED) is 0.227. The summed E-state index contributed by atoms with van der Waals surface area (Å²) in [5.41, 5.74) is 6.78. The molecule has 1 aromatic heterocycles. The number of rotatable bonds is 4. The van der Waals surface area contributed by atoms with Gasteiger partial charge < -0.3 is 18.6 Å². The van der Waals surface area contributed by atoms with Crippen LogP contribution in [0.25, 0.3) is 28.0 Å².